The number of amides is 1. The van der Waals surface area contributed by atoms with Gasteiger partial charge in [-0.05, 0) is 42.8 Å². The third-order valence-electron chi connectivity index (χ3n) is 3.51. The molecular formula is C18H16ClN3O3S2. The molecule has 2 aromatic heterocycles. The van der Waals surface area contributed by atoms with Gasteiger partial charge in [-0.25, -0.2) is 0 Å². The Labute approximate surface area is 169 Å². The number of nitrogens with one attached hydrogen (secondary N) is 1. The molecule has 0 spiro atoms. The molecule has 6 nitrogen and oxygen atoms in total. The van der Waals surface area contributed by atoms with Gasteiger partial charge in [-0.1, -0.05) is 23.4 Å². The number of carbonyl (C=O) groups excluding carboxylic acids is 2. The number of hydrogen-bond acceptors (Lipinski definition) is 7. The maximum atomic E-state index is 12.3. The number of aromatic nitrogens is 2. The Morgan fingerprint density at radius 1 is 1.19 bits per heavy atom. The van der Waals surface area contributed by atoms with Crippen LogP contribution in [0.4, 0.5) is 0 Å². The maximum Gasteiger partial charge on any atom is 0.277 e. The van der Waals surface area contributed by atoms with Gasteiger partial charge in [0.1, 0.15) is 0 Å². The summed E-state index contributed by atoms with van der Waals surface area (Å²) in [4.78, 5) is 25.0. The molecule has 1 amide bonds. The van der Waals surface area contributed by atoms with E-state index in [0.717, 1.165) is 10.4 Å². The molecule has 0 aliphatic carbocycles. The molecule has 0 aliphatic rings. The number of Topliss-reactive ketones (excluding diaryl/α,β-unsaturated/α-hetero) is 1. The largest absolute Gasteiger partial charge is 0.411 e. The number of benzene rings is 1. The van der Waals surface area contributed by atoms with Crippen molar-refractivity contribution in [1.82, 2.24) is 15.5 Å². The number of ketones is 1. The van der Waals surface area contributed by atoms with Crippen molar-refractivity contribution in [1.29, 1.82) is 0 Å². The first-order valence-electron chi connectivity index (χ1n) is 8.10. The van der Waals surface area contributed by atoms with Gasteiger partial charge in [0.15, 0.2) is 5.78 Å². The monoisotopic (exact) mass is 421 g/mol. The lowest BCUT2D eigenvalue weighted by atomic mass is 10.2. The van der Waals surface area contributed by atoms with Crippen molar-refractivity contribution in [2.24, 2.45) is 0 Å². The van der Waals surface area contributed by atoms with Crippen LogP contribution in [0.1, 0.15) is 21.5 Å². The molecule has 0 unspecified atom stereocenters. The van der Waals surface area contributed by atoms with Gasteiger partial charge in [0.05, 0.1) is 10.6 Å². The van der Waals surface area contributed by atoms with Crippen molar-refractivity contribution < 1.29 is 14.0 Å². The molecule has 0 atom stereocenters. The Balaban J connectivity index is 1.53. The first-order valence-corrected chi connectivity index (χ1v) is 10.3. The van der Waals surface area contributed by atoms with Crippen LogP contribution in [-0.4, -0.2) is 34.2 Å². The van der Waals surface area contributed by atoms with Crippen LogP contribution in [0, 0.1) is 0 Å². The molecule has 0 bridgehead atoms. The lowest BCUT2D eigenvalue weighted by Gasteiger charge is -1.99. The van der Waals surface area contributed by atoms with E-state index >= 15 is 0 Å². The van der Waals surface area contributed by atoms with E-state index in [1.807, 2.05) is 12.1 Å². The van der Waals surface area contributed by atoms with Crippen LogP contribution in [0.3, 0.4) is 0 Å². The SMILES string of the molecule is CC(=O)NCCc1ccc(C(=O)CSc2nnc(-c3ccc(Cl)cc3)o2)s1. The number of rotatable bonds is 8. The fourth-order valence-electron chi connectivity index (χ4n) is 2.20. The minimum atomic E-state index is -0.0585. The van der Waals surface area contributed by atoms with Crippen LogP contribution in [0.25, 0.3) is 11.5 Å². The van der Waals surface area contributed by atoms with Gasteiger partial charge >= 0.3 is 0 Å². The van der Waals surface area contributed by atoms with Gasteiger partial charge in [-0.3, -0.25) is 9.59 Å². The number of nitrogens with zero attached hydrogens (tertiary/aromatic N) is 2. The van der Waals surface area contributed by atoms with Crippen molar-refractivity contribution in [3.63, 3.8) is 0 Å². The average Bonchev–Trinajstić information content (AvgIpc) is 3.30. The zero-order valence-electron chi connectivity index (χ0n) is 14.4. The van der Waals surface area contributed by atoms with E-state index < -0.39 is 0 Å². The molecular weight excluding hydrogens is 406 g/mol. The van der Waals surface area contributed by atoms with Crippen LogP contribution in [0.5, 0.6) is 0 Å². The molecule has 3 aromatic rings. The van der Waals surface area contributed by atoms with E-state index in [-0.39, 0.29) is 17.4 Å². The highest BCUT2D eigenvalue weighted by molar-refractivity contribution is 7.99. The van der Waals surface area contributed by atoms with Crippen molar-refractivity contribution in [3.8, 4) is 11.5 Å². The summed E-state index contributed by atoms with van der Waals surface area (Å²) in [6.07, 6.45) is 0.707. The molecule has 27 heavy (non-hydrogen) atoms. The predicted octanol–water partition coefficient (Wildman–Crippen LogP) is 4.11. The van der Waals surface area contributed by atoms with Crippen molar-refractivity contribution in [2.45, 2.75) is 18.6 Å². The summed E-state index contributed by atoms with van der Waals surface area (Å²) in [5, 5.41) is 11.7. The van der Waals surface area contributed by atoms with Gasteiger partial charge in [-0.2, -0.15) is 0 Å². The summed E-state index contributed by atoms with van der Waals surface area (Å²) in [6.45, 7) is 2.05. The fourth-order valence-corrected chi connectivity index (χ4v) is 4.01. The van der Waals surface area contributed by atoms with Crippen LogP contribution < -0.4 is 5.32 Å². The second-order valence-corrected chi connectivity index (χ2v) is 8.12. The average molecular weight is 422 g/mol. The first kappa shape index (κ1) is 19.6. The van der Waals surface area contributed by atoms with Gasteiger partial charge < -0.3 is 9.73 Å². The fraction of sp³-hybridized carbons (Fsp3) is 0.222. The molecule has 0 radical (unpaired) electrons. The van der Waals surface area contributed by atoms with E-state index in [0.29, 0.717) is 34.0 Å². The Morgan fingerprint density at radius 2 is 1.96 bits per heavy atom. The van der Waals surface area contributed by atoms with Crippen LogP contribution in [-0.2, 0) is 11.2 Å². The van der Waals surface area contributed by atoms with Crippen molar-refractivity contribution in [3.05, 3.63) is 51.2 Å². The normalized spacial score (nSPS) is 10.7. The third kappa shape index (κ3) is 5.66. The third-order valence-corrected chi connectivity index (χ3v) is 5.76. The van der Waals surface area contributed by atoms with Crippen molar-refractivity contribution >= 4 is 46.4 Å². The molecule has 0 aliphatic heterocycles. The zero-order chi connectivity index (χ0) is 19.2. The minimum Gasteiger partial charge on any atom is -0.411 e. The van der Waals surface area contributed by atoms with E-state index in [2.05, 4.69) is 15.5 Å². The number of carbonyl (C=O) groups is 2. The van der Waals surface area contributed by atoms with Crippen LogP contribution in [0.15, 0.2) is 46.0 Å². The number of hydrogen-bond donors (Lipinski definition) is 1. The standard InChI is InChI=1S/C18H16ClN3O3S2/c1-11(23)20-9-8-14-6-7-16(27-14)15(24)10-26-18-22-21-17(25-18)12-2-4-13(19)5-3-12/h2-7H,8-10H2,1H3,(H,20,23). The van der Waals surface area contributed by atoms with E-state index in [4.69, 9.17) is 16.0 Å². The number of halogens is 1. The highest BCUT2D eigenvalue weighted by atomic mass is 35.5. The summed E-state index contributed by atoms with van der Waals surface area (Å²) >= 11 is 8.51. The Bertz CT molecular complexity index is 937. The lowest BCUT2D eigenvalue weighted by Crippen LogP contribution is -2.22. The molecule has 140 valence electrons. The minimum absolute atomic E-state index is 0.00187. The first-order chi connectivity index (χ1) is 13.0. The van der Waals surface area contributed by atoms with Gasteiger partial charge in [0.25, 0.3) is 5.22 Å². The highest BCUT2D eigenvalue weighted by Crippen LogP contribution is 2.26. The second-order valence-electron chi connectivity index (χ2n) is 5.59. The lowest BCUT2D eigenvalue weighted by molar-refractivity contribution is -0.118. The molecule has 3 rings (SSSR count). The molecule has 0 fully saturated rings. The summed E-state index contributed by atoms with van der Waals surface area (Å²) in [6, 6.07) is 10.8. The molecule has 9 heteroatoms. The van der Waals surface area contributed by atoms with Crippen LogP contribution in [0.2, 0.25) is 5.02 Å². The summed E-state index contributed by atoms with van der Waals surface area (Å²) in [5.41, 5.74) is 0.771. The van der Waals surface area contributed by atoms with E-state index in [1.54, 1.807) is 24.3 Å². The molecule has 0 saturated heterocycles. The second kappa shape index (κ2) is 9.16. The Kier molecular flexibility index (Phi) is 6.65. The van der Waals surface area contributed by atoms with E-state index in [1.165, 1.54) is 30.0 Å². The number of thioether (sulfide) groups is 1. The maximum absolute atomic E-state index is 12.3. The highest BCUT2D eigenvalue weighted by Gasteiger charge is 2.14. The summed E-state index contributed by atoms with van der Waals surface area (Å²) < 4.78 is 5.59. The molecule has 1 aromatic carbocycles. The quantitative estimate of drug-likeness (QED) is 0.435. The smallest absolute Gasteiger partial charge is 0.277 e. The van der Waals surface area contributed by atoms with Gasteiger partial charge in [0, 0.05) is 28.9 Å². The predicted molar refractivity (Wildman–Crippen MR) is 107 cm³/mol. The Hall–Kier alpha value is -2.16. The summed E-state index contributed by atoms with van der Waals surface area (Å²) in [7, 11) is 0. The van der Waals surface area contributed by atoms with Crippen LogP contribution >= 0.6 is 34.7 Å². The van der Waals surface area contributed by atoms with E-state index in [9.17, 15) is 9.59 Å². The number of thiophene rings is 1. The van der Waals surface area contributed by atoms with Gasteiger partial charge in [-0.15, -0.1) is 21.5 Å². The zero-order valence-corrected chi connectivity index (χ0v) is 16.8. The molecule has 2 heterocycles. The Morgan fingerprint density at radius 3 is 2.70 bits per heavy atom. The topological polar surface area (TPSA) is 85.1 Å². The molecule has 0 saturated carbocycles. The van der Waals surface area contributed by atoms with Crippen molar-refractivity contribution in [2.75, 3.05) is 12.3 Å². The van der Waals surface area contributed by atoms with Gasteiger partial charge in [0.2, 0.25) is 11.8 Å². The molecule has 1 N–H and O–H groups in total. The summed E-state index contributed by atoms with van der Waals surface area (Å²) in [5.74, 6) is 0.547.